The first-order valence-electron chi connectivity index (χ1n) is 12.4. The Balaban J connectivity index is 4.08. The highest BCUT2D eigenvalue weighted by Crippen LogP contribution is 2.43. The predicted molar refractivity (Wildman–Crippen MR) is 130 cm³/mol. The number of nitrogens with zero attached hydrogens (tertiary/aromatic N) is 1. The van der Waals surface area contributed by atoms with Gasteiger partial charge in [-0.15, -0.1) is 0 Å². The van der Waals surface area contributed by atoms with E-state index in [1.54, 1.807) is 0 Å². The minimum absolute atomic E-state index is 0.0237. The fourth-order valence-electron chi connectivity index (χ4n) is 3.01. The molecule has 2 atom stereocenters. The summed E-state index contributed by atoms with van der Waals surface area (Å²) in [5.74, 6) is -0.0237. The van der Waals surface area contributed by atoms with Gasteiger partial charge in [0.2, 0.25) is 5.91 Å². The summed E-state index contributed by atoms with van der Waals surface area (Å²) < 4.78 is 28.5. The molecule has 0 aliphatic heterocycles. The second-order valence-corrected chi connectivity index (χ2v) is 10.9. The van der Waals surface area contributed by atoms with E-state index in [9.17, 15) is 14.3 Å². The first kappa shape index (κ1) is 31.5. The van der Waals surface area contributed by atoms with Crippen LogP contribution in [0.2, 0.25) is 0 Å². The van der Waals surface area contributed by atoms with Crippen LogP contribution < -0.4 is 5.32 Å². The molecular formula is C23H50N2O6P+. The van der Waals surface area contributed by atoms with Crippen LogP contribution in [0.25, 0.3) is 0 Å². The zero-order chi connectivity index (χ0) is 24.3. The normalized spacial score (nSPS) is 14.8. The van der Waals surface area contributed by atoms with Gasteiger partial charge in [-0.2, -0.15) is 0 Å². The summed E-state index contributed by atoms with van der Waals surface area (Å²) in [6.07, 6.45) is 11.7. The van der Waals surface area contributed by atoms with Crippen molar-refractivity contribution in [3.63, 3.8) is 0 Å². The maximum atomic E-state index is 12.1. The molecule has 0 spiro atoms. The van der Waals surface area contributed by atoms with Crippen LogP contribution in [0.3, 0.4) is 0 Å². The molecule has 0 fully saturated rings. The molecule has 0 heterocycles. The van der Waals surface area contributed by atoms with E-state index in [-0.39, 0.29) is 25.7 Å². The molecule has 8 nitrogen and oxygen atoms in total. The fourth-order valence-corrected chi connectivity index (χ4v) is 3.75. The van der Waals surface area contributed by atoms with Crippen molar-refractivity contribution >= 4 is 13.7 Å². The van der Waals surface area contributed by atoms with Crippen molar-refractivity contribution in [2.24, 2.45) is 0 Å². The lowest BCUT2D eigenvalue weighted by Gasteiger charge is -2.24. The molecule has 0 aliphatic rings. The molecular weight excluding hydrogens is 431 g/mol. The summed E-state index contributed by atoms with van der Waals surface area (Å²) in [4.78, 5) is 22.0. The molecule has 0 bridgehead atoms. The number of hydrogen-bond acceptors (Lipinski definition) is 5. The van der Waals surface area contributed by atoms with Crippen molar-refractivity contribution in [2.75, 3.05) is 54.1 Å². The largest absolute Gasteiger partial charge is 0.472 e. The van der Waals surface area contributed by atoms with Crippen LogP contribution in [0.4, 0.5) is 0 Å². The molecule has 1 amide bonds. The molecule has 0 aromatic carbocycles. The van der Waals surface area contributed by atoms with Gasteiger partial charge in [0.25, 0.3) is 0 Å². The minimum atomic E-state index is -4.15. The zero-order valence-corrected chi connectivity index (χ0v) is 22.2. The predicted octanol–water partition coefficient (Wildman–Crippen LogP) is 4.66. The van der Waals surface area contributed by atoms with Gasteiger partial charge in [0, 0.05) is 19.6 Å². The molecule has 2 N–H and O–H groups in total. The molecule has 0 aromatic rings. The van der Waals surface area contributed by atoms with Crippen molar-refractivity contribution in [1.82, 2.24) is 5.32 Å². The lowest BCUT2D eigenvalue weighted by Crippen LogP contribution is -2.37. The van der Waals surface area contributed by atoms with Crippen molar-refractivity contribution in [3.05, 3.63) is 0 Å². The minimum Gasteiger partial charge on any atom is -0.374 e. The molecule has 0 saturated carbocycles. The van der Waals surface area contributed by atoms with Crippen molar-refractivity contribution in [3.8, 4) is 0 Å². The number of carbonyl (C=O) groups is 1. The van der Waals surface area contributed by atoms with Crippen LogP contribution in [0.5, 0.6) is 0 Å². The van der Waals surface area contributed by atoms with Crippen LogP contribution in [0, 0.1) is 0 Å². The Morgan fingerprint density at radius 2 is 1.50 bits per heavy atom. The van der Waals surface area contributed by atoms with E-state index in [2.05, 4.69) is 12.2 Å². The Hall–Kier alpha value is -0.500. The van der Waals surface area contributed by atoms with E-state index < -0.39 is 13.9 Å². The quantitative estimate of drug-likeness (QED) is 0.133. The Morgan fingerprint density at radius 3 is 2.06 bits per heavy atom. The smallest absolute Gasteiger partial charge is 0.374 e. The van der Waals surface area contributed by atoms with E-state index in [0.29, 0.717) is 24.1 Å². The van der Waals surface area contributed by atoms with Gasteiger partial charge >= 0.3 is 7.82 Å². The van der Waals surface area contributed by atoms with Gasteiger partial charge in [-0.1, -0.05) is 65.2 Å². The number of likely N-dealkylation sites (N-methyl/N-ethyl adjacent to an activating group) is 1. The van der Waals surface area contributed by atoms with E-state index in [1.807, 2.05) is 28.1 Å². The summed E-state index contributed by atoms with van der Waals surface area (Å²) in [6.45, 7) is 5.52. The third kappa shape index (κ3) is 21.4. The molecule has 2 unspecified atom stereocenters. The number of quaternary nitrogens is 1. The lowest BCUT2D eigenvalue weighted by atomic mass is 10.1. The van der Waals surface area contributed by atoms with Gasteiger partial charge < -0.3 is 19.4 Å². The van der Waals surface area contributed by atoms with Gasteiger partial charge in [0.15, 0.2) is 0 Å². The number of hydrogen-bond donors (Lipinski definition) is 2. The summed E-state index contributed by atoms with van der Waals surface area (Å²) in [7, 11) is 1.76. The van der Waals surface area contributed by atoms with Gasteiger partial charge in [0.05, 0.1) is 33.9 Å². The molecule has 192 valence electrons. The third-order valence-corrected chi connectivity index (χ3v) is 6.02. The Morgan fingerprint density at radius 1 is 0.906 bits per heavy atom. The number of nitrogens with one attached hydrogen (secondary N) is 1. The SMILES string of the molecule is CCCCCCCCCCCC(=O)NCC(COP(=O)(O)OCC[N+](C)(C)C)OCCC. The Kier molecular flexibility index (Phi) is 18.6. The van der Waals surface area contributed by atoms with Crippen molar-refractivity contribution < 1.29 is 32.5 Å². The number of amides is 1. The van der Waals surface area contributed by atoms with Gasteiger partial charge in [-0.05, 0) is 12.8 Å². The first-order chi connectivity index (χ1) is 15.1. The van der Waals surface area contributed by atoms with Crippen LogP contribution in [0.15, 0.2) is 0 Å². The summed E-state index contributed by atoms with van der Waals surface area (Å²) in [6, 6.07) is 0. The number of rotatable bonds is 22. The maximum absolute atomic E-state index is 12.1. The average molecular weight is 482 g/mol. The molecule has 0 aliphatic carbocycles. The van der Waals surface area contributed by atoms with E-state index >= 15 is 0 Å². The number of unbranched alkanes of at least 4 members (excludes halogenated alkanes) is 8. The fraction of sp³-hybridized carbons (Fsp3) is 0.957. The number of ether oxygens (including phenoxy) is 1. The first-order valence-corrected chi connectivity index (χ1v) is 13.9. The zero-order valence-electron chi connectivity index (χ0n) is 21.3. The highest BCUT2D eigenvalue weighted by Gasteiger charge is 2.25. The van der Waals surface area contributed by atoms with Crippen LogP contribution in [-0.2, 0) is 23.1 Å². The van der Waals surface area contributed by atoms with E-state index in [1.165, 1.54) is 44.9 Å². The second kappa shape index (κ2) is 18.9. The Labute approximate surface area is 196 Å². The van der Waals surface area contributed by atoms with Gasteiger partial charge in [-0.25, -0.2) is 4.57 Å². The van der Waals surface area contributed by atoms with Crippen molar-refractivity contribution in [2.45, 2.75) is 90.6 Å². The van der Waals surface area contributed by atoms with Crippen LogP contribution in [-0.4, -0.2) is 75.4 Å². The van der Waals surface area contributed by atoms with Crippen LogP contribution in [0.1, 0.15) is 84.5 Å². The van der Waals surface area contributed by atoms with E-state index in [0.717, 1.165) is 19.3 Å². The monoisotopic (exact) mass is 481 g/mol. The summed E-state index contributed by atoms with van der Waals surface area (Å²) in [5.41, 5.74) is 0. The summed E-state index contributed by atoms with van der Waals surface area (Å²) >= 11 is 0. The number of carbonyl (C=O) groups excluding carboxylic acids is 1. The molecule has 0 aromatic heterocycles. The Bertz CT molecular complexity index is 513. The molecule has 32 heavy (non-hydrogen) atoms. The number of phosphoric ester groups is 1. The van der Waals surface area contributed by atoms with Gasteiger partial charge in [-0.3, -0.25) is 13.8 Å². The van der Waals surface area contributed by atoms with Gasteiger partial charge in [0.1, 0.15) is 13.2 Å². The number of phosphoric acid groups is 1. The van der Waals surface area contributed by atoms with E-state index in [4.69, 9.17) is 13.8 Å². The lowest BCUT2D eigenvalue weighted by molar-refractivity contribution is -0.870. The highest BCUT2D eigenvalue weighted by molar-refractivity contribution is 7.47. The maximum Gasteiger partial charge on any atom is 0.472 e. The topological polar surface area (TPSA) is 94.1 Å². The highest BCUT2D eigenvalue weighted by atomic mass is 31.2. The standard InChI is InChI=1S/C23H49N2O6P/c1-6-8-9-10-11-12-13-14-15-16-23(26)24-20-22(29-18-7-2)21-31-32(27,28)30-19-17-25(3,4)5/h22H,6-21H2,1-5H3,(H-,24,26,27,28)/p+1. The summed E-state index contributed by atoms with van der Waals surface area (Å²) in [5, 5.41) is 2.86. The molecule has 0 radical (unpaired) electrons. The van der Waals surface area contributed by atoms with Crippen molar-refractivity contribution in [1.29, 1.82) is 0 Å². The third-order valence-electron chi connectivity index (χ3n) is 5.03. The second-order valence-electron chi connectivity index (χ2n) is 9.49. The average Bonchev–Trinajstić information content (AvgIpc) is 2.70. The molecule has 0 saturated heterocycles. The van der Waals surface area contributed by atoms with Crippen LogP contribution >= 0.6 is 7.82 Å². The molecule has 9 heteroatoms. The molecule has 0 rings (SSSR count).